The molecule has 0 bridgehead atoms. The fraction of sp³-hybridized carbons (Fsp3) is 0.368. The van der Waals surface area contributed by atoms with Gasteiger partial charge >= 0.3 is 6.09 Å². The molecule has 0 unspecified atom stereocenters. The molecule has 1 atom stereocenters. The fourth-order valence-corrected chi connectivity index (χ4v) is 3.56. The first-order valence-corrected chi connectivity index (χ1v) is 8.71. The number of methoxy groups -OCH3 is 1. The minimum Gasteiger partial charge on any atom is -0.481 e. The van der Waals surface area contributed by atoms with Crippen molar-refractivity contribution in [1.29, 1.82) is 0 Å². The average Bonchev–Trinajstić information content (AvgIpc) is 3.23. The fourth-order valence-electron chi connectivity index (χ4n) is 3.56. The van der Waals surface area contributed by atoms with Gasteiger partial charge in [0.2, 0.25) is 5.88 Å². The lowest BCUT2D eigenvalue weighted by Gasteiger charge is -2.21. The van der Waals surface area contributed by atoms with E-state index in [2.05, 4.69) is 9.97 Å². The number of carbonyl (C=O) groups is 2. The Hall–Kier alpha value is -3.16. The Kier molecular flexibility index (Phi) is 4.18. The van der Waals surface area contributed by atoms with Gasteiger partial charge in [-0.2, -0.15) is 4.98 Å². The number of ether oxygens (including phenoxy) is 2. The van der Waals surface area contributed by atoms with Gasteiger partial charge in [0, 0.05) is 43.4 Å². The van der Waals surface area contributed by atoms with Gasteiger partial charge in [0.15, 0.2) is 11.4 Å². The summed E-state index contributed by atoms with van der Waals surface area (Å²) in [7, 11) is 3.26. The molecule has 8 nitrogen and oxygen atoms in total. The molecular weight excluding hydrogens is 348 g/mol. The van der Waals surface area contributed by atoms with E-state index in [9.17, 15) is 9.59 Å². The maximum Gasteiger partial charge on any atom is 0.410 e. The number of nitrogens with zero attached hydrogens (tertiary/aromatic N) is 4. The van der Waals surface area contributed by atoms with Crippen molar-refractivity contribution in [3.05, 3.63) is 42.1 Å². The first-order valence-electron chi connectivity index (χ1n) is 8.71. The Labute approximate surface area is 156 Å². The second-order valence-electron chi connectivity index (χ2n) is 6.88. The summed E-state index contributed by atoms with van der Waals surface area (Å²) in [6.07, 6.45) is 1.96. The van der Waals surface area contributed by atoms with Crippen LogP contribution in [0.25, 0.3) is 11.4 Å². The van der Waals surface area contributed by atoms with Crippen LogP contribution < -0.4 is 4.74 Å². The van der Waals surface area contributed by atoms with E-state index >= 15 is 0 Å². The Morgan fingerprint density at radius 3 is 2.67 bits per heavy atom. The minimum absolute atomic E-state index is 0.0735. The van der Waals surface area contributed by atoms with Crippen molar-refractivity contribution in [3.63, 3.8) is 0 Å². The van der Waals surface area contributed by atoms with Crippen LogP contribution in [0.4, 0.5) is 4.79 Å². The number of hydrogen-bond donors (Lipinski definition) is 0. The summed E-state index contributed by atoms with van der Waals surface area (Å²) in [6, 6.07) is 8.84. The van der Waals surface area contributed by atoms with Gasteiger partial charge in [-0.15, -0.1) is 0 Å². The highest BCUT2D eigenvalue weighted by molar-refractivity contribution is 5.95. The van der Waals surface area contributed by atoms with Crippen LogP contribution in [0.15, 0.2) is 36.5 Å². The molecule has 2 saturated heterocycles. The number of hydrogen-bond acceptors (Lipinski definition) is 6. The van der Waals surface area contributed by atoms with Gasteiger partial charge in [0.25, 0.3) is 5.91 Å². The zero-order chi connectivity index (χ0) is 19.0. The van der Waals surface area contributed by atoms with Crippen LogP contribution in [0.1, 0.15) is 16.8 Å². The Bertz CT molecular complexity index is 886. The molecule has 4 rings (SSSR count). The van der Waals surface area contributed by atoms with E-state index in [0.29, 0.717) is 43.3 Å². The molecule has 0 saturated carbocycles. The summed E-state index contributed by atoms with van der Waals surface area (Å²) in [6.45, 7) is 1.51. The highest BCUT2D eigenvalue weighted by Crippen LogP contribution is 2.32. The van der Waals surface area contributed by atoms with Gasteiger partial charge in [-0.05, 0) is 12.1 Å². The van der Waals surface area contributed by atoms with E-state index in [0.717, 1.165) is 5.56 Å². The molecule has 3 heterocycles. The molecule has 2 aliphatic heterocycles. The van der Waals surface area contributed by atoms with E-state index in [1.165, 1.54) is 0 Å². The molecule has 2 amide bonds. The highest BCUT2D eigenvalue weighted by atomic mass is 16.6. The predicted octanol–water partition coefficient (Wildman–Crippen LogP) is 1.82. The molecule has 2 aliphatic rings. The standard InChI is InChI=1S/C19H20N4O4/c1-22-11-19(27-18(22)25)8-10-23(12-19)17(24)14-5-3-13(4-6-14)16-20-9-7-15(21-16)26-2/h3-7,9H,8,10-12H2,1-2H3/t19-/m0/s1. The third-order valence-corrected chi connectivity index (χ3v) is 4.97. The highest BCUT2D eigenvalue weighted by Gasteiger charge is 2.49. The number of amides is 2. The Morgan fingerprint density at radius 2 is 2.00 bits per heavy atom. The van der Waals surface area contributed by atoms with E-state index < -0.39 is 5.60 Å². The largest absolute Gasteiger partial charge is 0.481 e. The van der Waals surface area contributed by atoms with Crippen molar-refractivity contribution >= 4 is 12.0 Å². The van der Waals surface area contributed by atoms with Crippen LogP contribution in [0, 0.1) is 0 Å². The summed E-state index contributed by atoms with van der Waals surface area (Å²) in [4.78, 5) is 36.3. The normalized spacial score (nSPS) is 21.6. The number of likely N-dealkylation sites (tertiary alicyclic amines) is 1. The Morgan fingerprint density at radius 1 is 1.22 bits per heavy atom. The summed E-state index contributed by atoms with van der Waals surface area (Å²) in [5, 5.41) is 0. The van der Waals surface area contributed by atoms with Crippen molar-refractivity contribution < 1.29 is 19.1 Å². The lowest BCUT2D eigenvalue weighted by atomic mass is 10.0. The quantitative estimate of drug-likeness (QED) is 0.822. The topological polar surface area (TPSA) is 84.9 Å². The lowest BCUT2D eigenvalue weighted by molar-refractivity contribution is 0.0553. The number of aromatic nitrogens is 2. The van der Waals surface area contributed by atoms with Crippen LogP contribution in [0.3, 0.4) is 0 Å². The molecule has 1 aromatic heterocycles. The number of carbonyl (C=O) groups excluding carboxylic acids is 2. The summed E-state index contributed by atoms with van der Waals surface area (Å²) >= 11 is 0. The Balaban J connectivity index is 1.48. The molecule has 140 valence electrons. The number of likely N-dealkylation sites (N-methyl/N-ethyl adjacent to an activating group) is 1. The van der Waals surface area contributed by atoms with Crippen molar-refractivity contribution in [2.75, 3.05) is 33.8 Å². The lowest BCUT2D eigenvalue weighted by Crippen LogP contribution is -2.39. The van der Waals surface area contributed by atoms with E-state index in [1.807, 2.05) is 12.1 Å². The molecule has 0 radical (unpaired) electrons. The SMILES string of the molecule is COc1ccnc(-c2ccc(C(=O)N3CC[C@]4(CN(C)C(=O)O4)C3)cc2)n1. The summed E-state index contributed by atoms with van der Waals surface area (Å²) in [5.74, 6) is 0.948. The second-order valence-corrected chi connectivity index (χ2v) is 6.88. The van der Waals surface area contributed by atoms with Gasteiger partial charge in [-0.1, -0.05) is 12.1 Å². The van der Waals surface area contributed by atoms with Crippen molar-refractivity contribution in [1.82, 2.24) is 19.8 Å². The number of benzene rings is 1. The molecule has 0 N–H and O–H groups in total. The zero-order valence-electron chi connectivity index (χ0n) is 15.2. The zero-order valence-corrected chi connectivity index (χ0v) is 15.2. The van der Waals surface area contributed by atoms with Gasteiger partial charge < -0.3 is 19.3 Å². The van der Waals surface area contributed by atoms with Gasteiger partial charge in [0.1, 0.15) is 0 Å². The minimum atomic E-state index is -0.574. The van der Waals surface area contributed by atoms with Crippen molar-refractivity contribution in [2.45, 2.75) is 12.0 Å². The third kappa shape index (κ3) is 3.18. The van der Waals surface area contributed by atoms with E-state index in [-0.39, 0.29) is 12.0 Å². The van der Waals surface area contributed by atoms with Gasteiger partial charge in [-0.25, -0.2) is 9.78 Å². The van der Waals surface area contributed by atoms with Crippen molar-refractivity contribution in [2.24, 2.45) is 0 Å². The molecule has 2 fully saturated rings. The van der Waals surface area contributed by atoms with E-state index in [4.69, 9.17) is 9.47 Å². The molecule has 8 heteroatoms. The van der Waals surface area contributed by atoms with Crippen LogP contribution in [-0.4, -0.2) is 71.2 Å². The van der Waals surface area contributed by atoms with Gasteiger partial charge in [0.05, 0.1) is 20.2 Å². The first kappa shape index (κ1) is 17.3. The van der Waals surface area contributed by atoms with Crippen molar-refractivity contribution in [3.8, 4) is 17.3 Å². The average molecular weight is 368 g/mol. The monoisotopic (exact) mass is 368 g/mol. The summed E-state index contributed by atoms with van der Waals surface area (Å²) < 4.78 is 10.6. The maximum atomic E-state index is 12.8. The third-order valence-electron chi connectivity index (χ3n) is 4.97. The van der Waals surface area contributed by atoms with Gasteiger partial charge in [-0.3, -0.25) is 4.79 Å². The summed E-state index contributed by atoms with van der Waals surface area (Å²) in [5.41, 5.74) is 0.807. The van der Waals surface area contributed by atoms with Crippen LogP contribution >= 0.6 is 0 Å². The predicted molar refractivity (Wildman–Crippen MR) is 96.4 cm³/mol. The van der Waals surface area contributed by atoms with E-state index in [1.54, 1.807) is 48.4 Å². The molecular formula is C19H20N4O4. The van der Waals surface area contributed by atoms with Crippen LogP contribution in [0.5, 0.6) is 5.88 Å². The molecule has 1 spiro atoms. The van der Waals surface area contributed by atoms with Crippen LogP contribution in [0.2, 0.25) is 0 Å². The van der Waals surface area contributed by atoms with Crippen LogP contribution in [-0.2, 0) is 4.74 Å². The molecule has 27 heavy (non-hydrogen) atoms. The molecule has 0 aliphatic carbocycles. The molecule has 2 aromatic rings. The second kappa shape index (κ2) is 6.53. The number of rotatable bonds is 3. The first-order chi connectivity index (χ1) is 13.0. The smallest absolute Gasteiger partial charge is 0.410 e. The maximum absolute atomic E-state index is 12.8. The molecule has 1 aromatic carbocycles.